The average molecular weight is 371 g/mol. The number of hydrogen-bond donors (Lipinski definition) is 2. The predicted molar refractivity (Wildman–Crippen MR) is 101 cm³/mol. The molecule has 3 aromatic rings. The smallest absolute Gasteiger partial charge is 0.275 e. The highest BCUT2D eigenvalue weighted by atomic mass is 35.5. The lowest BCUT2D eigenvalue weighted by atomic mass is 10.1. The number of nitrogens with one attached hydrogen (secondary N) is 2. The number of aryl methyl sites for hydroxylation is 2. The van der Waals surface area contributed by atoms with Gasteiger partial charge in [0, 0.05) is 11.4 Å². The van der Waals surface area contributed by atoms with E-state index in [-0.39, 0.29) is 10.7 Å². The maximum Gasteiger partial charge on any atom is 0.275 e. The van der Waals surface area contributed by atoms with Crippen LogP contribution in [0.4, 0.5) is 21.6 Å². The van der Waals surface area contributed by atoms with Crippen LogP contribution in [0.3, 0.4) is 0 Å². The van der Waals surface area contributed by atoms with E-state index in [4.69, 9.17) is 11.6 Å². The van der Waals surface area contributed by atoms with Gasteiger partial charge < -0.3 is 10.6 Å². The molecule has 2 N–H and O–H groups in total. The fraction of sp³-hybridized carbons (Fsp3) is 0.105. The van der Waals surface area contributed by atoms with E-state index in [9.17, 15) is 9.18 Å². The van der Waals surface area contributed by atoms with Crippen molar-refractivity contribution in [2.45, 2.75) is 13.8 Å². The Morgan fingerprint density at radius 3 is 2.35 bits per heavy atom. The van der Waals surface area contributed by atoms with Crippen molar-refractivity contribution in [2.75, 3.05) is 10.6 Å². The maximum atomic E-state index is 13.2. The van der Waals surface area contributed by atoms with Crippen LogP contribution in [0.1, 0.15) is 21.6 Å². The maximum absolute atomic E-state index is 13.2. The summed E-state index contributed by atoms with van der Waals surface area (Å²) in [4.78, 5) is 20.5. The molecule has 0 atom stereocenters. The second-order valence-electron chi connectivity index (χ2n) is 5.87. The van der Waals surface area contributed by atoms with Gasteiger partial charge in [0.1, 0.15) is 17.3 Å². The van der Waals surface area contributed by atoms with Crippen LogP contribution in [0.15, 0.2) is 48.8 Å². The normalized spacial score (nSPS) is 10.5. The van der Waals surface area contributed by atoms with Crippen molar-refractivity contribution >= 4 is 34.7 Å². The van der Waals surface area contributed by atoms with E-state index in [0.717, 1.165) is 16.8 Å². The zero-order valence-corrected chi connectivity index (χ0v) is 14.9. The number of anilines is 3. The Hall–Kier alpha value is -2.99. The Bertz CT molecular complexity index is 940. The highest BCUT2D eigenvalue weighted by Crippen LogP contribution is 2.20. The minimum atomic E-state index is -0.550. The Morgan fingerprint density at radius 2 is 1.73 bits per heavy atom. The average Bonchev–Trinajstić information content (AvgIpc) is 2.58. The molecule has 0 bridgehead atoms. The molecule has 7 heteroatoms. The highest BCUT2D eigenvalue weighted by molar-refractivity contribution is 6.31. The van der Waals surface area contributed by atoms with Gasteiger partial charge >= 0.3 is 0 Å². The lowest BCUT2D eigenvalue weighted by molar-refractivity contribution is 0.102. The molecular formula is C19H16ClFN4O. The third kappa shape index (κ3) is 4.34. The van der Waals surface area contributed by atoms with Crippen LogP contribution in [0.5, 0.6) is 0 Å². The first-order valence-corrected chi connectivity index (χ1v) is 8.22. The molecule has 1 heterocycles. The molecule has 0 saturated carbocycles. The van der Waals surface area contributed by atoms with Crippen LogP contribution < -0.4 is 10.6 Å². The summed E-state index contributed by atoms with van der Waals surface area (Å²) in [6.07, 6.45) is 2.84. The van der Waals surface area contributed by atoms with Crippen molar-refractivity contribution < 1.29 is 9.18 Å². The SMILES string of the molecule is Cc1cc(C)cc(Nc2cnc(C(=O)Nc3ccc(F)c(Cl)c3)cn2)c1. The molecular weight excluding hydrogens is 355 g/mol. The summed E-state index contributed by atoms with van der Waals surface area (Å²) in [5.41, 5.74) is 3.68. The fourth-order valence-electron chi connectivity index (χ4n) is 2.47. The van der Waals surface area contributed by atoms with E-state index in [2.05, 4.69) is 26.7 Å². The van der Waals surface area contributed by atoms with Gasteiger partial charge in [0.15, 0.2) is 0 Å². The van der Waals surface area contributed by atoms with Gasteiger partial charge in [-0.3, -0.25) is 4.79 Å². The fourth-order valence-corrected chi connectivity index (χ4v) is 2.65. The largest absolute Gasteiger partial charge is 0.339 e. The number of hydrogen-bond acceptors (Lipinski definition) is 4. The van der Waals surface area contributed by atoms with Crippen molar-refractivity contribution in [3.63, 3.8) is 0 Å². The van der Waals surface area contributed by atoms with Gasteiger partial charge in [-0.25, -0.2) is 14.4 Å². The number of aromatic nitrogens is 2. The Balaban J connectivity index is 1.70. The van der Waals surface area contributed by atoms with Crippen molar-refractivity contribution in [3.05, 3.63) is 76.5 Å². The van der Waals surface area contributed by atoms with Gasteiger partial charge in [0.25, 0.3) is 5.91 Å². The number of benzene rings is 2. The molecule has 0 unspecified atom stereocenters. The molecule has 0 aliphatic carbocycles. The number of rotatable bonds is 4. The standard InChI is InChI=1S/C19H16ClFN4O/c1-11-5-12(2)7-14(6-11)24-18-10-22-17(9-23-18)19(26)25-13-3-4-16(21)15(20)8-13/h3-10H,1-2H3,(H,23,24)(H,25,26). The summed E-state index contributed by atoms with van der Waals surface area (Å²) < 4.78 is 13.2. The molecule has 0 spiro atoms. The van der Waals surface area contributed by atoms with E-state index in [1.165, 1.54) is 30.6 Å². The number of halogens is 2. The first-order valence-electron chi connectivity index (χ1n) is 7.84. The van der Waals surface area contributed by atoms with Crippen molar-refractivity contribution in [1.82, 2.24) is 9.97 Å². The van der Waals surface area contributed by atoms with Gasteiger partial charge in [0.2, 0.25) is 0 Å². The van der Waals surface area contributed by atoms with Gasteiger partial charge in [-0.05, 0) is 55.3 Å². The van der Waals surface area contributed by atoms with Crippen LogP contribution in [-0.2, 0) is 0 Å². The van der Waals surface area contributed by atoms with E-state index < -0.39 is 11.7 Å². The van der Waals surface area contributed by atoms with Crippen molar-refractivity contribution in [1.29, 1.82) is 0 Å². The van der Waals surface area contributed by atoms with Gasteiger partial charge in [-0.15, -0.1) is 0 Å². The van der Waals surface area contributed by atoms with Crippen LogP contribution >= 0.6 is 11.6 Å². The van der Waals surface area contributed by atoms with Gasteiger partial charge in [-0.1, -0.05) is 17.7 Å². The first-order chi connectivity index (χ1) is 12.4. The monoisotopic (exact) mass is 370 g/mol. The zero-order chi connectivity index (χ0) is 18.7. The van der Waals surface area contributed by atoms with E-state index in [1.807, 2.05) is 26.0 Å². The van der Waals surface area contributed by atoms with E-state index in [1.54, 1.807) is 0 Å². The summed E-state index contributed by atoms with van der Waals surface area (Å²) >= 11 is 5.70. The third-order valence-corrected chi connectivity index (χ3v) is 3.85. The highest BCUT2D eigenvalue weighted by Gasteiger charge is 2.10. The van der Waals surface area contributed by atoms with Crippen molar-refractivity contribution in [2.24, 2.45) is 0 Å². The minimum Gasteiger partial charge on any atom is -0.339 e. The minimum absolute atomic E-state index is 0.0677. The van der Waals surface area contributed by atoms with Gasteiger partial charge in [0.05, 0.1) is 17.4 Å². The van der Waals surface area contributed by atoms with Crippen LogP contribution in [0, 0.1) is 19.7 Å². The van der Waals surface area contributed by atoms with E-state index >= 15 is 0 Å². The first kappa shape index (κ1) is 17.8. The predicted octanol–water partition coefficient (Wildman–Crippen LogP) is 4.88. The van der Waals surface area contributed by atoms with Crippen LogP contribution in [-0.4, -0.2) is 15.9 Å². The second-order valence-corrected chi connectivity index (χ2v) is 6.28. The lowest BCUT2D eigenvalue weighted by Crippen LogP contribution is -2.14. The summed E-state index contributed by atoms with van der Waals surface area (Å²) in [6, 6.07) is 9.99. The zero-order valence-electron chi connectivity index (χ0n) is 14.2. The molecule has 2 aromatic carbocycles. The van der Waals surface area contributed by atoms with Crippen LogP contribution in [0.2, 0.25) is 5.02 Å². The summed E-state index contributed by atoms with van der Waals surface area (Å²) in [5, 5.41) is 5.68. The molecule has 1 amide bonds. The molecule has 132 valence electrons. The number of nitrogens with zero attached hydrogens (tertiary/aromatic N) is 2. The Labute approximate surface area is 155 Å². The topological polar surface area (TPSA) is 66.9 Å². The second kappa shape index (κ2) is 7.49. The molecule has 5 nitrogen and oxygen atoms in total. The molecule has 26 heavy (non-hydrogen) atoms. The van der Waals surface area contributed by atoms with E-state index in [0.29, 0.717) is 11.5 Å². The molecule has 0 saturated heterocycles. The van der Waals surface area contributed by atoms with Crippen molar-refractivity contribution in [3.8, 4) is 0 Å². The number of amides is 1. The molecule has 0 fully saturated rings. The molecule has 3 rings (SSSR count). The third-order valence-electron chi connectivity index (χ3n) is 3.56. The summed E-state index contributed by atoms with van der Waals surface area (Å²) in [7, 11) is 0. The number of carbonyl (C=O) groups is 1. The quantitative estimate of drug-likeness (QED) is 0.686. The Morgan fingerprint density at radius 1 is 1.00 bits per heavy atom. The molecule has 0 radical (unpaired) electrons. The molecule has 0 aliphatic rings. The molecule has 0 aliphatic heterocycles. The van der Waals surface area contributed by atoms with Crippen LogP contribution in [0.25, 0.3) is 0 Å². The molecule has 1 aromatic heterocycles. The van der Waals surface area contributed by atoms with Gasteiger partial charge in [-0.2, -0.15) is 0 Å². The summed E-state index contributed by atoms with van der Waals surface area (Å²) in [6.45, 7) is 4.03. The number of carbonyl (C=O) groups excluding carboxylic acids is 1. The lowest BCUT2D eigenvalue weighted by Gasteiger charge is -2.09. The Kier molecular flexibility index (Phi) is 5.14. The summed E-state index contributed by atoms with van der Waals surface area (Å²) in [5.74, 6) is -0.485.